The molecule has 0 saturated heterocycles. The Morgan fingerprint density at radius 3 is 2.39 bits per heavy atom. The van der Waals surface area contributed by atoms with Gasteiger partial charge in [0.1, 0.15) is 11.4 Å². The molecule has 1 N–H and O–H groups in total. The number of pyridine rings is 1. The minimum absolute atomic E-state index is 0.329. The van der Waals surface area contributed by atoms with Crippen LogP contribution in [0.4, 0.5) is 5.82 Å². The summed E-state index contributed by atoms with van der Waals surface area (Å²) >= 11 is 0. The number of carbonyl (C=O) groups excluding carboxylic acids is 1. The number of rotatable bonds is 6. The molecule has 0 radical (unpaired) electrons. The maximum atomic E-state index is 12.6. The van der Waals surface area contributed by atoms with Gasteiger partial charge in [0, 0.05) is 11.5 Å². The minimum Gasteiger partial charge on any atom is -0.493 e. The largest absolute Gasteiger partial charge is 0.493 e. The third-order valence-corrected chi connectivity index (χ3v) is 5.13. The van der Waals surface area contributed by atoms with Crippen LogP contribution in [0, 0.1) is 6.92 Å². The predicted octanol–water partition coefficient (Wildman–Crippen LogP) is 4.33. The van der Waals surface area contributed by atoms with Crippen molar-refractivity contribution in [2.24, 2.45) is 0 Å². The smallest absolute Gasteiger partial charge is 0.346 e. The minimum atomic E-state index is -0.464. The lowest BCUT2D eigenvalue weighted by Crippen LogP contribution is -2.11. The van der Waals surface area contributed by atoms with Crippen molar-refractivity contribution in [1.29, 1.82) is 0 Å². The van der Waals surface area contributed by atoms with Crippen LogP contribution < -0.4 is 25.2 Å². The van der Waals surface area contributed by atoms with Gasteiger partial charge in [-0.3, -0.25) is 4.79 Å². The number of aromatic nitrogens is 1. The van der Waals surface area contributed by atoms with E-state index in [1.807, 2.05) is 12.1 Å². The molecular formula is C25H22N2O6. The summed E-state index contributed by atoms with van der Waals surface area (Å²) in [7, 11) is 4.57. The Kier molecular flexibility index (Phi) is 5.99. The molecule has 0 atom stereocenters. The van der Waals surface area contributed by atoms with Crippen LogP contribution in [0.3, 0.4) is 0 Å². The normalized spacial score (nSPS) is 11.2. The highest BCUT2D eigenvalue weighted by Crippen LogP contribution is 2.38. The molecule has 0 fully saturated rings. The Bertz CT molecular complexity index is 1430. The third-order valence-electron chi connectivity index (χ3n) is 5.13. The zero-order chi connectivity index (χ0) is 23.5. The van der Waals surface area contributed by atoms with Gasteiger partial charge in [-0.1, -0.05) is 12.1 Å². The Balaban J connectivity index is 1.65. The first-order chi connectivity index (χ1) is 15.9. The number of hydrogen-bond donors (Lipinski definition) is 1. The van der Waals surface area contributed by atoms with Crippen LogP contribution in [-0.4, -0.2) is 32.2 Å². The number of fused-ring (bicyclic) bond motifs is 3. The van der Waals surface area contributed by atoms with Crippen molar-refractivity contribution in [2.75, 3.05) is 26.6 Å². The molecule has 0 aliphatic rings. The van der Waals surface area contributed by atoms with E-state index in [0.717, 1.165) is 0 Å². The van der Waals surface area contributed by atoms with E-state index in [4.69, 9.17) is 18.6 Å². The summed E-state index contributed by atoms with van der Waals surface area (Å²) in [4.78, 5) is 29.5. The average molecular weight is 446 g/mol. The molecule has 2 aromatic carbocycles. The molecule has 1 amide bonds. The van der Waals surface area contributed by atoms with Crippen molar-refractivity contribution in [1.82, 2.24) is 4.98 Å². The van der Waals surface area contributed by atoms with Gasteiger partial charge in [-0.15, -0.1) is 0 Å². The number of ether oxygens (including phenoxy) is 3. The first-order valence-corrected chi connectivity index (χ1v) is 10.1. The quantitative estimate of drug-likeness (QED) is 0.267. The van der Waals surface area contributed by atoms with E-state index in [0.29, 0.717) is 56.1 Å². The van der Waals surface area contributed by atoms with Crippen molar-refractivity contribution in [3.63, 3.8) is 0 Å². The zero-order valence-corrected chi connectivity index (χ0v) is 18.6. The Morgan fingerprint density at radius 2 is 1.73 bits per heavy atom. The Hall–Kier alpha value is -4.33. The van der Waals surface area contributed by atoms with Gasteiger partial charge < -0.3 is 23.9 Å². The lowest BCUT2D eigenvalue weighted by atomic mass is 10.1. The summed E-state index contributed by atoms with van der Waals surface area (Å²) in [5.74, 6) is 1.37. The van der Waals surface area contributed by atoms with E-state index in [1.165, 1.54) is 27.4 Å². The molecule has 0 aliphatic carbocycles. The molecule has 2 aromatic heterocycles. The van der Waals surface area contributed by atoms with Gasteiger partial charge in [0.2, 0.25) is 11.7 Å². The maximum Gasteiger partial charge on any atom is 0.346 e. The van der Waals surface area contributed by atoms with Crippen LogP contribution in [0.2, 0.25) is 0 Å². The van der Waals surface area contributed by atoms with Gasteiger partial charge in [0.15, 0.2) is 11.5 Å². The molecule has 0 bridgehead atoms. The summed E-state index contributed by atoms with van der Waals surface area (Å²) in [5, 5.41) is 3.83. The van der Waals surface area contributed by atoms with E-state index in [1.54, 1.807) is 43.3 Å². The Labute approximate surface area is 189 Å². The SMILES string of the molecule is COc1cc(C=CC(=O)Nc2cc(C)c3c(=O)oc4ccccc4c3n2)cc(OC)c1OC. The molecule has 2 heterocycles. The molecule has 4 rings (SSSR count). The van der Waals surface area contributed by atoms with E-state index < -0.39 is 5.63 Å². The molecular weight excluding hydrogens is 424 g/mol. The third kappa shape index (κ3) is 4.23. The van der Waals surface area contributed by atoms with Gasteiger partial charge >= 0.3 is 5.63 Å². The molecule has 0 saturated carbocycles. The monoisotopic (exact) mass is 446 g/mol. The Morgan fingerprint density at radius 1 is 1.03 bits per heavy atom. The van der Waals surface area contributed by atoms with Gasteiger partial charge in [-0.25, -0.2) is 9.78 Å². The summed E-state index contributed by atoms with van der Waals surface area (Å²) in [6.07, 6.45) is 3.00. The van der Waals surface area contributed by atoms with E-state index in [9.17, 15) is 9.59 Å². The fourth-order valence-corrected chi connectivity index (χ4v) is 3.63. The van der Waals surface area contributed by atoms with Gasteiger partial charge in [0.25, 0.3) is 0 Å². The first-order valence-electron chi connectivity index (χ1n) is 10.1. The average Bonchev–Trinajstić information content (AvgIpc) is 2.81. The number of methoxy groups -OCH3 is 3. The fraction of sp³-hybridized carbons (Fsp3) is 0.160. The zero-order valence-electron chi connectivity index (χ0n) is 18.6. The topological polar surface area (TPSA) is 99.9 Å². The number of anilines is 1. The van der Waals surface area contributed by atoms with E-state index in [2.05, 4.69) is 10.3 Å². The lowest BCUT2D eigenvalue weighted by molar-refractivity contribution is -0.111. The molecule has 8 heteroatoms. The highest BCUT2D eigenvalue weighted by atomic mass is 16.5. The number of para-hydroxylation sites is 1. The molecule has 0 unspecified atom stereocenters. The summed E-state index contributed by atoms with van der Waals surface area (Å²) < 4.78 is 21.4. The molecule has 0 spiro atoms. The number of amides is 1. The molecule has 8 nitrogen and oxygen atoms in total. The first kappa shape index (κ1) is 21.9. The van der Waals surface area contributed by atoms with E-state index in [-0.39, 0.29) is 5.91 Å². The van der Waals surface area contributed by atoms with Crippen LogP contribution in [0.25, 0.3) is 27.9 Å². The standard InChI is InChI=1S/C25H22N2O6/c1-14-11-20(27-23-16-7-5-6-8-17(16)33-25(29)22(14)23)26-21(28)10-9-15-12-18(30-2)24(32-4)19(13-15)31-3/h5-13H,1-4H3,(H,26,27,28). The van der Waals surface area contributed by atoms with Gasteiger partial charge in [-0.05, 0) is 54.5 Å². The summed E-state index contributed by atoms with van der Waals surface area (Å²) in [5.41, 5.74) is 1.79. The van der Waals surface area contributed by atoms with Crippen LogP contribution in [0.15, 0.2) is 57.8 Å². The van der Waals surface area contributed by atoms with Crippen molar-refractivity contribution in [2.45, 2.75) is 6.92 Å². The number of hydrogen-bond acceptors (Lipinski definition) is 7. The van der Waals surface area contributed by atoms with E-state index >= 15 is 0 Å². The van der Waals surface area contributed by atoms with Crippen LogP contribution in [0.5, 0.6) is 17.2 Å². The number of carbonyl (C=O) groups is 1. The second-order valence-electron chi connectivity index (χ2n) is 7.21. The highest BCUT2D eigenvalue weighted by molar-refractivity contribution is 6.05. The van der Waals surface area contributed by atoms with Crippen molar-refractivity contribution < 1.29 is 23.4 Å². The van der Waals surface area contributed by atoms with Crippen LogP contribution in [0.1, 0.15) is 11.1 Å². The summed E-state index contributed by atoms with van der Waals surface area (Å²) in [6, 6.07) is 12.2. The highest BCUT2D eigenvalue weighted by Gasteiger charge is 2.14. The predicted molar refractivity (Wildman–Crippen MR) is 126 cm³/mol. The van der Waals surface area contributed by atoms with Crippen LogP contribution >= 0.6 is 0 Å². The maximum absolute atomic E-state index is 12.6. The number of nitrogens with zero attached hydrogens (tertiary/aromatic N) is 1. The van der Waals surface area contributed by atoms with Crippen molar-refractivity contribution in [3.8, 4) is 17.2 Å². The number of aryl methyl sites for hydroxylation is 1. The summed E-state index contributed by atoms with van der Waals surface area (Å²) in [6.45, 7) is 1.77. The lowest BCUT2D eigenvalue weighted by Gasteiger charge is -2.12. The second-order valence-corrected chi connectivity index (χ2v) is 7.21. The number of benzene rings is 2. The van der Waals surface area contributed by atoms with Crippen molar-refractivity contribution >= 4 is 39.7 Å². The van der Waals surface area contributed by atoms with Crippen molar-refractivity contribution in [3.05, 3.63) is 70.1 Å². The second kappa shape index (κ2) is 9.04. The molecule has 0 aliphatic heterocycles. The molecule has 168 valence electrons. The fourth-order valence-electron chi connectivity index (χ4n) is 3.63. The van der Waals surface area contributed by atoms with Gasteiger partial charge in [0.05, 0.1) is 32.2 Å². The van der Waals surface area contributed by atoms with Crippen LogP contribution in [-0.2, 0) is 4.79 Å². The molecule has 4 aromatic rings. The van der Waals surface area contributed by atoms with Gasteiger partial charge in [-0.2, -0.15) is 0 Å². The molecule has 33 heavy (non-hydrogen) atoms. The number of nitrogens with one attached hydrogen (secondary N) is 1.